The molecule has 22 heavy (non-hydrogen) atoms. The molecule has 1 aromatic heterocycles. The van der Waals surface area contributed by atoms with E-state index >= 15 is 0 Å². The van der Waals surface area contributed by atoms with Crippen molar-refractivity contribution in [3.63, 3.8) is 0 Å². The van der Waals surface area contributed by atoms with E-state index in [4.69, 9.17) is 4.74 Å². The molecule has 6 nitrogen and oxygen atoms in total. The van der Waals surface area contributed by atoms with Crippen LogP contribution in [0, 0.1) is 17.0 Å². The summed E-state index contributed by atoms with van der Waals surface area (Å²) in [5.74, 6) is -0.429. The van der Waals surface area contributed by atoms with Gasteiger partial charge in [0, 0.05) is 22.4 Å². The van der Waals surface area contributed by atoms with Crippen molar-refractivity contribution in [3.05, 3.63) is 57.4 Å². The molecule has 0 unspecified atom stereocenters. The monoisotopic (exact) mass is 302 g/mol. The van der Waals surface area contributed by atoms with Gasteiger partial charge < -0.3 is 9.72 Å². The topological polar surface area (TPSA) is 85.2 Å². The Labute approximate surface area is 128 Å². The van der Waals surface area contributed by atoms with Gasteiger partial charge in [0.1, 0.15) is 0 Å². The third-order valence-electron chi connectivity index (χ3n) is 3.34. The Morgan fingerprint density at radius 2 is 2.00 bits per heavy atom. The van der Waals surface area contributed by atoms with Gasteiger partial charge in [-0.15, -0.1) is 0 Å². The van der Waals surface area contributed by atoms with Gasteiger partial charge in [0.15, 0.2) is 0 Å². The number of benzene rings is 1. The average molecular weight is 302 g/mol. The molecule has 0 aliphatic heterocycles. The van der Waals surface area contributed by atoms with Crippen LogP contribution in [0.25, 0.3) is 11.1 Å². The first-order chi connectivity index (χ1) is 10.5. The highest BCUT2D eigenvalue weighted by Gasteiger charge is 2.20. The lowest BCUT2D eigenvalue weighted by Crippen LogP contribution is -2.07. The van der Waals surface area contributed by atoms with Crippen LogP contribution in [0.5, 0.6) is 0 Å². The molecule has 1 N–H and O–H groups in total. The van der Waals surface area contributed by atoms with Crippen LogP contribution in [0.3, 0.4) is 0 Å². The fourth-order valence-corrected chi connectivity index (χ4v) is 2.29. The number of hydrogen-bond donors (Lipinski definition) is 1. The second-order valence-electron chi connectivity index (χ2n) is 4.95. The van der Waals surface area contributed by atoms with Crippen molar-refractivity contribution in [1.82, 2.24) is 4.98 Å². The van der Waals surface area contributed by atoms with Crippen molar-refractivity contribution < 1.29 is 14.5 Å². The van der Waals surface area contributed by atoms with Gasteiger partial charge in [0.2, 0.25) is 6.54 Å². The standard InChI is InChI=1S/C16H18N2O4/c1-3-22-16(19)13-10-17-14(8-9-18(20)21)15(13)12-6-4-11(2)5-7-12/h4-7,10,17H,3,8-9H2,1-2H3. The normalized spacial score (nSPS) is 10.5. The Hall–Kier alpha value is -2.63. The van der Waals surface area contributed by atoms with E-state index in [1.54, 1.807) is 13.1 Å². The highest BCUT2D eigenvalue weighted by molar-refractivity contribution is 5.98. The first-order valence-electron chi connectivity index (χ1n) is 7.09. The molecule has 0 fully saturated rings. The molecule has 1 heterocycles. The maximum atomic E-state index is 12.1. The molecule has 1 aromatic carbocycles. The number of esters is 1. The third-order valence-corrected chi connectivity index (χ3v) is 3.34. The molecule has 0 spiro atoms. The van der Waals surface area contributed by atoms with Crippen molar-refractivity contribution in [1.29, 1.82) is 0 Å². The fourth-order valence-electron chi connectivity index (χ4n) is 2.29. The van der Waals surface area contributed by atoms with E-state index < -0.39 is 5.97 Å². The van der Waals surface area contributed by atoms with Gasteiger partial charge in [-0.25, -0.2) is 4.79 Å². The lowest BCUT2D eigenvalue weighted by molar-refractivity contribution is -0.479. The number of H-pyrrole nitrogens is 1. The minimum Gasteiger partial charge on any atom is -0.462 e. The first kappa shape index (κ1) is 15.8. The Morgan fingerprint density at radius 1 is 1.32 bits per heavy atom. The highest BCUT2D eigenvalue weighted by atomic mass is 16.6. The summed E-state index contributed by atoms with van der Waals surface area (Å²) in [4.78, 5) is 25.3. The van der Waals surface area contributed by atoms with Crippen molar-refractivity contribution in [2.24, 2.45) is 0 Å². The summed E-state index contributed by atoms with van der Waals surface area (Å²) in [5, 5.41) is 10.6. The quantitative estimate of drug-likeness (QED) is 0.505. The highest BCUT2D eigenvalue weighted by Crippen LogP contribution is 2.29. The van der Waals surface area contributed by atoms with Gasteiger partial charge in [-0.05, 0) is 19.4 Å². The Kier molecular flexibility index (Phi) is 4.93. The van der Waals surface area contributed by atoms with Crippen LogP contribution in [0.1, 0.15) is 28.5 Å². The molecule has 6 heteroatoms. The maximum absolute atomic E-state index is 12.1. The molecule has 0 atom stereocenters. The number of nitrogens with zero attached hydrogens (tertiary/aromatic N) is 1. The predicted molar refractivity (Wildman–Crippen MR) is 82.5 cm³/mol. The lowest BCUT2D eigenvalue weighted by Gasteiger charge is -2.07. The molecule has 0 radical (unpaired) electrons. The minimum absolute atomic E-state index is 0.193. The zero-order valence-corrected chi connectivity index (χ0v) is 12.6. The van der Waals surface area contributed by atoms with Crippen molar-refractivity contribution in [2.45, 2.75) is 20.3 Å². The number of aromatic amines is 1. The van der Waals surface area contributed by atoms with E-state index in [0.717, 1.165) is 11.1 Å². The molecule has 0 aliphatic rings. The second-order valence-corrected chi connectivity index (χ2v) is 4.95. The number of carbonyl (C=O) groups excluding carboxylic acids is 1. The third kappa shape index (κ3) is 3.52. The van der Waals surface area contributed by atoms with Crippen LogP contribution in [0.4, 0.5) is 0 Å². The Bertz CT molecular complexity index is 674. The average Bonchev–Trinajstić information content (AvgIpc) is 2.90. The summed E-state index contributed by atoms with van der Waals surface area (Å²) in [6.45, 7) is 3.80. The van der Waals surface area contributed by atoms with Gasteiger partial charge in [0.05, 0.1) is 18.6 Å². The van der Waals surface area contributed by atoms with E-state index in [0.29, 0.717) is 16.8 Å². The summed E-state index contributed by atoms with van der Waals surface area (Å²) in [7, 11) is 0. The summed E-state index contributed by atoms with van der Waals surface area (Å²) in [6, 6.07) is 7.68. The molecule has 0 amide bonds. The van der Waals surface area contributed by atoms with Gasteiger partial charge in [-0.3, -0.25) is 10.1 Å². The summed E-state index contributed by atoms with van der Waals surface area (Å²) in [5.41, 5.74) is 3.70. The van der Waals surface area contributed by atoms with Gasteiger partial charge in [0.25, 0.3) is 0 Å². The van der Waals surface area contributed by atoms with Crippen molar-refractivity contribution in [3.8, 4) is 11.1 Å². The minimum atomic E-state index is -0.429. The molecular weight excluding hydrogens is 284 g/mol. The van der Waals surface area contributed by atoms with Crippen LogP contribution >= 0.6 is 0 Å². The predicted octanol–water partition coefficient (Wildman–Crippen LogP) is 2.99. The van der Waals surface area contributed by atoms with E-state index in [1.165, 1.54) is 0 Å². The SMILES string of the molecule is CCOC(=O)c1c[nH]c(CC[N+](=O)[O-])c1-c1ccc(C)cc1. The molecular formula is C16H18N2O4. The van der Waals surface area contributed by atoms with E-state index in [1.807, 2.05) is 31.2 Å². The second kappa shape index (κ2) is 6.89. The maximum Gasteiger partial charge on any atom is 0.340 e. The van der Waals surface area contributed by atoms with Crippen LogP contribution in [-0.4, -0.2) is 29.0 Å². The molecule has 0 saturated carbocycles. The smallest absolute Gasteiger partial charge is 0.340 e. The number of aryl methyl sites for hydroxylation is 1. The molecule has 0 bridgehead atoms. The zero-order valence-electron chi connectivity index (χ0n) is 12.6. The number of aromatic nitrogens is 1. The van der Waals surface area contributed by atoms with Crippen LogP contribution in [-0.2, 0) is 11.2 Å². The number of carbonyl (C=O) groups is 1. The van der Waals surface area contributed by atoms with Gasteiger partial charge in [-0.2, -0.15) is 0 Å². The number of rotatable bonds is 6. The Balaban J connectivity index is 2.44. The first-order valence-corrected chi connectivity index (χ1v) is 7.09. The molecule has 116 valence electrons. The number of hydrogen-bond acceptors (Lipinski definition) is 4. The van der Waals surface area contributed by atoms with Crippen LogP contribution in [0.15, 0.2) is 30.5 Å². The Morgan fingerprint density at radius 3 is 2.59 bits per heavy atom. The lowest BCUT2D eigenvalue weighted by atomic mass is 9.99. The van der Waals surface area contributed by atoms with Crippen LogP contribution in [0.2, 0.25) is 0 Å². The molecule has 0 saturated heterocycles. The van der Waals surface area contributed by atoms with Crippen molar-refractivity contribution in [2.75, 3.05) is 13.2 Å². The fraction of sp³-hybridized carbons (Fsp3) is 0.312. The summed E-state index contributed by atoms with van der Waals surface area (Å²) >= 11 is 0. The molecule has 0 aliphatic carbocycles. The summed E-state index contributed by atoms with van der Waals surface area (Å²) < 4.78 is 5.06. The van der Waals surface area contributed by atoms with E-state index in [2.05, 4.69) is 4.98 Å². The molecule has 2 aromatic rings. The summed E-state index contributed by atoms with van der Waals surface area (Å²) in [6.07, 6.45) is 1.79. The molecule has 2 rings (SSSR count). The number of nitrogens with one attached hydrogen (secondary N) is 1. The number of ether oxygens (including phenoxy) is 1. The van der Waals surface area contributed by atoms with E-state index in [9.17, 15) is 14.9 Å². The number of nitro groups is 1. The van der Waals surface area contributed by atoms with Gasteiger partial charge in [-0.1, -0.05) is 29.8 Å². The van der Waals surface area contributed by atoms with E-state index in [-0.39, 0.29) is 24.5 Å². The van der Waals surface area contributed by atoms with Crippen LogP contribution < -0.4 is 0 Å². The largest absolute Gasteiger partial charge is 0.462 e. The van der Waals surface area contributed by atoms with Gasteiger partial charge >= 0.3 is 5.97 Å². The zero-order chi connectivity index (χ0) is 16.1. The van der Waals surface area contributed by atoms with Crippen molar-refractivity contribution >= 4 is 5.97 Å².